The quantitative estimate of drug-likeness (QED) is 0.238. The zero-order chi connectivity index (χ0) is 27.4. The lowest BCUT2D eigenvalue weighted by Gasteiger charge is -2.28. The number of urea groups is 1. The van der Waals surface area contributed by atoms with Crippen LogP contribution in [-0.4, -0.2) is 39.9 Å². The lowest BCUT2D eigenvalue weighted by atomic mass is 9.80. The van der Waals surface area contributed by atoms with E-state index in [0.29, 0.717) is 16.3 Å². The van der Waals surface area contributed by atoms with Crippen LogP contribution in [0.25, 0.3) is 6.08 Å². The SMILES string of the molecule is O=C(c1cccc(Cl)c1)C1C(c2cccs2)C(C(=O)O)N(C(=O)Nc2ccccc2)C1C=Cc1ccccc1. The lowest BCUT2D eigenvalue weighted by Crippen LogP contribution is -2.48. The van der Waals surface area contributed by atoms with E-state index in [4.69, 9.17) is 11.6 Å². The summed E-state index contributed by atoms with van der Waals surface area (Å²) < 4.78 is 0. The zero-order valence-electron chi connectivity index (χ0n) is 20.7. The van der Waals surface area contributed by atoms with Crippen LogP contribution in [0.5, 0.6) is 0 Å². The molecule has 2 amide bonds. The molecule has 4 atom stereocenters. The summed E-state index contributed by atoms with van der Waals surface area (Å²) in [6.45, 7) is 0. The van der Waals surface area contributed by atoms with Gasteiger partial charge in [-0.15, -0.1) is 11.3 Å². The number of benzene rings is 3. The van der Waals surface area contributed by atoms with E-state index >= 15 is 0 Å². The van der Waals surface area contributed by atoms with Crippen molar-refractivity contribution in [2.24, 2.45) is 5.92 Å². The van der Waals surface area contributed by atoms with Crippen LogP contribution in [-0.2, 0) is 4.79 Å². The van der Waals surface area contributed by atoms with E-state index in [1.165, 1.54) is 16.2 Å². The molecule has 1 aromatic heterocycles. The minimum Gasteiger partial charge on any atom is -0.480 e. The van der Waals surface area contributed by atoms with Crippen molar-refractivity contribution in [2.75, 3.05) is 5.32 Å². The molecule has 196 valence electrons. The second kappa shape index (κ2) is 11.7. The molecule has 0 aliphatic carbocycles. The Kier molecular flexibility index (Phi) is 7.91. The van der Waals surface area contributed by atoms with E-state index in [2.05, 4.69) is 5.32 Å². The molecule has 0 bridgehead atoms. The number of hydrogen-bond acceptors (Lipinski definition) is 4. The molecule has 1 fully saturated rings. The maximum Gasteiger partial charge on any atom is 0.327 e. The predicted molar refractivity (Wildman–Crippen MR) is 154 cm³/mol. The molecule has 39 heavy (non-hydrogen) atoms. The summed E-state index contributed by atoms with van der Waals surface area (Å²) in [6, 6.07) is 25.8. The number of halogens is 1. The third-order valence-electron chi connectivity index (χ3n) is 6.80. The van der Waals surface area contributed by atoms with Crippen LogP contribution in [0.15, 0.2) is 109 Å². The first-order valence-corrected chi connectivity index (χ1v) is 13.6. The molecule has 8 heteroatoms. The minimum absolute atomic E-state index is 0.278. The summed E-state index contributed by atoms with van der Waals surface area (Å²) in [4.78, 5) is 42.9. The molecular formula is C31H25ClN2O4S. The molecule has 5 rings (SSSR count). The molecule has 1 saturated heterocycles. The number of para-hydroxylation sites is 1. The lowest BCUT2D eigenvalue weighted by molar-refractivity contribution is -0.141. The highest BCUT2D eigenvalue weighted by molar-refractivity contribution is 7.10. The van der Waals surface area contributed by atoms with Crippen LogP contribution < -0.4 is 5.32 Å². The fourth-order valence-electron chi connectivity index (χ4n) is 5.14. The first-order chi connectivity index (χ1) is 18.9. The Labute approximate surface area is 235 Å². The number of carboxylic acid groups (broad SMARTS) is 1. The fourth-order valence-corrected chi connectivity index (χ4v) is 6.23. The summed E-state index contributed by atoms with van der Waals surface area (Å²) in [5.74, 6) is -3.11. The number of amides is 2. The summed E-state index contributed by atoms with van der Waals surface area (Å²) in [7, 11) is 0. The number of hydrogen-bond donors (Lipinski definition) is 2. The van der Waals surface area contributed by atoms with Crippen molar-refractivity contribution in [3.8, 4) is 0 Å². The largest absolute Gasteiger partial charge is 0.480 e. The second-order valence-corrected chi connectivity index (χ2v) is 10.6. The standard InChI is InChI=1S/C31H25ClN2O4S/c32-22-12-7-11-21(19-22)29(35)26-24(17-16-20-9-3-1-4-10-20)34(31(38)33-23-13-5-2-6-14-23)28(30(36)37)27(26)25-15-8-18-39-25/h1-19,24,26-28H,(H,33,38)(H,36,37). The first kappa shape index (κ1) is 26.4. The van der Waals surface area contributed by atoms with Crippen molar-refractivity contribution in [3.63, 3.8) is 0 Å². The van der Waals surface area contributed by atoms with Crippen molar-refractivity contribution in [2.45, 2.75) is 18.0 Å². The highest BCUT2D eigenvalue weighted by Gasteiger charge is 2.56. The van der Waals surface area contributed by atoms with Crippen molar-refractivity contribution >= 4 is 52.5 Å². The predicted octanol–water partition coefficient (Wildman–Crippen LogP) is 7.07. The van der Waals surface area contributed by atoms with Crippen LogP contribution in [0, 0.1) is 5.92 Å². The maximum atomic E-state index is 14.2. The van der Waals surface area contributed by atoms with E-state index in [1.807, 2.05) is 60.0 Å². The van der Waals surface area contributed by atoms with Crippen LogP contribution in [0.3, 0.4) is 0 Å². The Balaban J connectivity index is 1.66. The Morgan fingerprint density at radius 3 is 2.26 bits per heavy atom. The first-order valence-electron chi connectivity index (χ1n) is 12.4. The van der Waals surface area contributed by atoms with E-state index in [1.54, 1.807) is 54.6 Å². The number of nitrogens with zero attached hydrogens (tertiary/aromatic N) is 1. The van der Waals surface area contributed by atoms with Crippen molar-refractivity contribution in [3.05, 3.63) is 130 Å². The average molecular weight is 557 g/mol. The molecule has 3 aromatic carbocycles. The normalized spacial score (nSPS) is 20.7. The molecule has 0 radical (unpaired) electrons. The fraction of sp³-hybridized carbons (Fsp3) is 0.129. The average Bonchev–Trinajstić information content (AvgIpc) is 3.59. The highest BCUT2D eigenvalue weighted by atomic mass is 35.5. The number of rotatable bonds is 7. The summed E-state index contributed by atoms with van der Waals surface area (Å²) >= 11 is 7.60. The molecule has 1 aliphatic heterocycles. The van der Waals surface area contributed by atoms with Gasteiger partial charge in [-0.1, -0.05) is 90.5 Å². The number of aliphatic carboxylic acids is 1. The number of ketones is 1. The molecule has 4 aromatic rings. The van der Waals surface area contributed by atoms with Crippen molar-refractivity contribution < 1.29 is 19.5 Å². The van der Waals surface area contributed by atoms with E-state index in [9.17, 15) is 19.5 Å². The molecule has 1 aliphatic rings. The summed E-state index contributed by atoms with van der Waals surface area (Å²) in [5.41, 5.74) is 1.75. The summed E-state index contributed by atoms with van der Waals surface area (Å²) in [6.07, 6.45) is 3.58. The molecule has 4 unspecified atom stereocenters. The third-order valence-corrected chi connectivity index (χ3v) is 8.01. The van der Waals surface area contributed by atoms with Gasteiger partial charge in [-0.05, 0) is 41.3 Å². The molecule has 6 nitrogen and oxygen atoms in total. The second-order valence-electron chi connectivity index (χ2n) is 9.19. The maximum absolute atomic E-state index is 14.2. The van der Waals surface area contributed by atoms with Gasteiger partial charge in [0.15, 0.2) is 5.78 Å². The molecule has 2 N–H and O–H groups in total. The number of nitrogens with one attached hydrogen (secondary N) is 1. The minimum atomic E-state index is -1.29. The Hall–Kier alpha value is -4.20. The molecular weight excluding hydrogens is 532 g/mol. The van der Waals surface area contributed by atoms with Gasteiger partial charge in [0.05, 0.1) is 12.0 Å². The number of carboxylic acids is 1. The molecule has 2 heterocycles. The number of likely N-dealkylation sites (tertiary alicyclic amines) is 1. The molecule has 0 spiro atoms. The van der Waals surface area contributed by atoms with Gasteiger partial charge in [0, 0.05) is 27.1 Å². The summed E-state index contributed by atoms with van der Waals surface area (Å²) in [5, 5.41) is 15.6. The number of thiophene rings is 1. The van der Waals surface area contributed by atoms with Crippen LogP contribution in [0.1, 0.15) is 26.7 Å². The number of anilines is 1. The van der Waals surface area contributed by atoms with Gasteiger partial charge >= 0.3 is 12.0 Å². The van der Waals surface area contributed by atoms with Gasteiger partial charge < -0.3 is 15.3 Å². The van der Waals surface area contributed by atoms with Crippen LogP contribution >= 0.6 is 22.9 Å². The van der Waals surface area contributed by atoms with Gasteiger partial charge in [-0.2, -0.15) is 0 Å². The smallest absolute Gasteiger partial charge is 0.327 e. The van der Waals surface area contributed by atoms with E-state index < -0.39 is 35.9 Å². The van der Waals surface area contributed by atoms with Gasteiger partial charge in [-0.3, -0.25) is 4.79 Å². The number of Topliss-reactive ketones (excluding diaryl/α,β-unsaturated/α-hetero) is 1. The topological polar surface area (TPSA) is 86.7 Å². The van der Waals surface area contributed by atoms with Gasteiger partial charge in [0.2, 0.25) is 0 Å². The van der Waals surface area contributed by atoms with Crippen molar-refractivity contribution in [1.29, 1.82) is 0 Å². The Morgan fingerprint density at radius 2 is 1.62 bits per heavy atom. The van der Waals surface area contributed by atoms with Crippen LogP contribution in [0.4, 0.5) is 10.5 Å². The molecule has 0 saturated carbocycles. The van der Waals surface area contributed by atoms with Gasteiger partial charge in [0.1, 0.15) is 6.04 Å². The van der Waals surface area contributed by atoms with E-state index in [0.717, 1.165) is 10.4 Å². The van der Waals surface area contributed by atoms with Crippen LogP contribution in [0.2, 0.25) is 5.02 Å². The van der Waals surface area contributed by atoms with E-state index in [-0.39, 0.29) is 5.78 Å². The highest BCUT2D eigenvalue weighted by Crippen LogP contribution is 2.46. The Morgan fingerprint density at radius 1 is 0.897 bits per heavy atom. The van der Waals surface area contributed by atoms with Gasteiger partial charge in [-0.25, -0.2) is 9.59 Å². The number of carbonyl (C=O) groups is 3. The number of carbonyl (C=O) groups excluding carboxylic acids is 2. The zero-order valence-corrected chi connectivity index (χ0v) is 22.3. The monoisotopic (exact) mass is 556 g/mol. The Bertz CT molecular complexity index is 1490. The van der Waals surface area contributed by atoms with Crippen molar-refractivity contribution in [1.82, 2.24) is 4.90 Å². The van der Waals surface area contributed by atoms with Gasteiger partial charge in [0.25, 0.3) is 0 Å². The third kappa shape index (κ3) is 5.65.